The quantitative estimate of drug-likeness (QED) is 0.414. The highest BCUT2D eigenvalue weighted by molar-refractivity contribution is 9.10. The maximum atomic E-state index is 13.5. The topological polar surface area (TPSA) is 69.0 Å². The highest BCUT2D eigenvalue weighted by Gasteiger charge is 2.25. The lowest BCUT2D eigenvalue weighted by atomic mass is 10.1. The third-order valence-corrected chi connectivity index (χ3v) is 6.90. The van der Waals surface area contributed by atoms with E-state index < -0.39 is 10.0 Å². The predicted molar refractivity (Wildman–Crippen MR) is 112 cm³/mol. The number of benzene rings is 2. The first kappa shape index (κ1) is 18.6. The van der Waals surface area contributed by atoms with Crippen LogP contribution in [-0.4, -0.2) is 23.7 Å². The van der Waals surface area contributed by atoms with Crippen LogP contribution in [-0.2, 0) is 10.0 Å². The van der Waals surface area contributed by atoms with Crippen LogP contribution in [0, 0.1) is 6.92 Å². The molecular formula is C21H15BrN2O3S. The molecule has 0 atom stereocenters. The second kappa shape index (κ2) is 7.00. The first-order chi connectivity index (χ1) is 13.4. The number of rotatable bonds is 4. The van der Waals surface area contributed by atoms with Crippen molar-refractivity contribution in [3.8, 4) is 11.3 Å². The van der Waals surface area contributed by atoms with Gasteiger partial charge in [-0.15, -0.1) is 0 Å². The number of halogens is 1. The van der Waals surface area contributed by atoms with Crippen LogP contribution >= 0.6 is 15.9 Å². The van der Waals surface area contributed by atoms with E-state index in [2.05, 4.69) is 20.9 Å². The van der Waals surface area contributed by atoms with Crippen LogP contribution in [0.1, 0.15) is 15.9 Å². The Labute approximate surface area is 170 Å². The molecule has 5 nitrogen and oxygen atoms in total. The SMILES string of the molecule is Cc1ccc(S(=O)(=O)n2c(-c3cccc(C=O)c3)cc3c(Br)ccnc32)cc1. The number of hydrogen-bond donors (Lipinski definition) is 0. The third kappa shape index (κ3) is 3.06. The Morgan fingerprint density at radius 3 is 2.50 bits per heavy atom. The highest BCUT2D eigenvalue weighted by atomic mass is 79.9. The van der Waals surface area contributed by atoms with Crippen molar-refractivity contribution in [3.05, 3.63) is 82.5 Å². The second-order valence-electron chi connectivity index (χ2n) is 6.39. The molecule has 0 aliphatic heterocycles. The Morgan fingerprint density at radius 1 is 1.04 bits per heavy atom. The van der Waals surface area contributed by atoms with Crippen LogP contribution < -0.4 is 0 Å². The summed E-state index contributed by atoms with van der Waals surface area (Å²) in [6.45, 7) is 1.90. The fourth-order valence-electron chi connectivity index (χ4n) is 3.08. The van der Waals surface area contributed by atoms with E-state index in [-0.39, 0.29) is 4.90 Å². The van der Waals surface area contributed by atoms with Crippen LogP contribution in [0.15, 0.2) is 76.2 Å². The smallest absolute Gasteiger partial charge is 0.269 e. The molecule has 0 fully saturated rings. The van der Waals surface area contributed by atoms with Gasteiger partial charge in [-0.2, -0.15) is 0 Å². The standard InChI is InChI=1S/C21H15BrN2O3S/c1-14-5-7-17(8-6-14)28(26,27)24-20(16-4-2-3-15(11-16)13-25)12-18-19(22)9-10-23-21(18)24/h2-13H,1H3. The zero-order chi connectivity index (χ0) is 19.9. The molecule has 0 aliphatic rings. The van der Waals surface area contributed by atoms with Crippen molar-refractivity contribution in [1.29, 1.82) is 0 Å². The number of carbonyl (C=O) groups excluding carboxylic acids is 1. The number of hydrogen-bond acceptors (Lipinski definition) is 4. The molecule has 0 aliphatic carbocycles. The zero-order valence-electron chi connectivity index (χ0n) is 14.8. The molecule has 140 valence electrons. The van der Waals surface area contributed by atoms with E-state index in [1.54, 1.807) is 66.9 Å². The fourth-order valence-corrected chi connectivity index (χ4v) is 4.97. The van der Waals surface area contributed by atoms with E-state index in [1.165, 1.54) is 3.97 Å². The molecule has 0 radical (unpaired) electrons. The summed E-state index contributed by atoms with van der Waals surface area (Å²) in [7, 11) is -3.91. The maximum Gasteiger partial charge on any atom is 0.269 e. The van der Waals surface area contributed by atoms with Crippen molar-refractivity contribution in [2.24, 2.45) is 0 Å². The van der Waals surface area contributed by atoms with Crippen molar-refractivity contribution in [3.63, 3.8) is 0 Å². The minimum Gasteiger partial charge on any atom is -0.298 e. The van der Waals surface area contributed by atoms with Gasteiger partial charge < -0.3 is 0 Å². The molecule has 7 heteroatoms. The van der Waals surface area contributed by atoms with E-state index in [9.17, 15) is 13.2 Å². The lowest BCUT2D eigenvalue weighted by Crippen LogP contribution is -2.14. The van der Waals surface area contributed by atoms with Gasteiger partial charge in [-0.05, 0) is 53.2 Å². The summed E-state index contributed by atoms with van der Waals surface area (Å²) in [5, 5.41) is 0.671. The van der Waals surface area contributed by atoms with Gasteiger partial charge in [0.25, 0.3) is 10.0 Å². The van der Waals surface area contributed by atoms with Crippen molar-refractivity contribution in [2.75, 3.05) is 0 Å². The molecule has 2 aromatic carbocycles. The Balaban J connectivity index is 2.07. The van der Waals surface area contributed by atoms with E-state index in [1.807, 2.05) is 6.92 Å². The lowest BCUT2D eigenvalue weighted by Gasteiger charge is -2.12. The lowest BCUT2D eigenvalue weighted by molar-refractivity contribution is 0.112. The number of aromatic nitrogens is 2. The molecule has 0 saturated carbocycles. The highest BCUT2D eigenvalue weighted by Crippen LogP contribution is 2.34. The molecule has 0 saturated heterocycles. The van der Waals surface area contributed by atoms with E-state index in [0.29, 0.717) is 27.9 Å². The summed E-state index contributed by atoms with van der Waals surface area (Å²) < 4.78 is 29.0. The number of carbonyl (C=O) groups is 1. The van der Waals surface area contributed by atoms with Crippen LogP contribution in [0.4, 0.5) is 0 Å². The fraction of sp³-hybridized carbons (Fsp3) is 0.0476. The molecule has 4 aromatic rings. The normalized spacial score (nSPS) is 11.6. The van der Waals surface area contributed by atoms with Gasteiger partial charge in [-0.1, -0.05) is 35.9 Å². The third-order valence-electron chi connectivity index (χ3n) is 4.49. The van der Waals surface area contributed by atoms with Crippen molar-refractivity contribution < 1.29 is 13.2 Å². The summed E-state index contributed by atoms with van der Waals surface area (Å²) in [5.74, 6) is 0. The Bertz CT molecular complexity index is 1310. The molecule has 2 aromatic heterocycles. The van der Waals surface area contributed by atoms with Gasteiger partial charge in [0.2, 0.25) is 0 Å². The van der Waals surface area contributed by atoms with Gasteiger partial charge in [0.15, 0.2) is 5.65 Å². The van der Waals surface area contributed by atoms with E-state index >= 15 is 0 Å². The zero-order valence-corrected chi connectivity index (χ0v) is 17.2. The van der Waals surface area contributed by atoms with Gasteiger partial charge in [0.1, 0.15) is 6.29 Å². The minimum absolute atomic E-state index is 0.171. The summed E-state index contributed by atoms with van der Waals surface area (Å²) in [6.07, 6.45) is 2.29. The maximum absolute atomic E-state index is 13.5. The first-order valence-corrected chi connectivity index (χ1v) is 10.7. The number of aldehydes is 1. The average molecular weight is 455 g/mol. The Morgan fingerprint density at radius 2 is 1.79 bits per heavy atom. The average Bonchev–Trinajstić information content (AvgIpc) is 3.10. The predicted octanol–water partition coefficient (Wildman–Crippen LogP) is 4.82. The van der Waals surface area contributed by atoms with E-state index in [0.717, 1.165) is 16.3 Å². The second-order valence-corrected chi connectivity index (χ2v) is 9.03. The van der Waals surface area contributed by atoms with Crippen LogP contribution in [0.5, 0.6) is 0 Å². The molecule has 28 heavy (non-hydrogen) atoms. The summed E-state index contributed by atoms with van der Waals surface area (Å²) in [4.78, 5) is 15.7. The molecule has 0 N–H and O–H groups in total. The van der Waals surface area contributed by atoms with Gasteiger partial charge in [0, 0.05) is 27.2 Å². The number of fused-ring (bicyclic) bond motifs is 1. The molecule has 2 heterocycles. The van der Waals surface area contributed by atoms with Crippen molar-refractivity contribution >= 4 is 43.3 Å². The number of nitrogens with zero attached hydrogens (tertiary/aromatic N) is 2. The van der Waals surface area contributed by atoms with Gasteiger partial charge >= 0.3 is 0 Å². The molecular weight excluding hydrogens is 440 g/mol. The minimum atomic E-state index is -3.91. The summed E-state index contributed by atoms with van der Waals surface area (Å²) in [5.41, 5.74) is 2.82. The number of aryl methyl sites for hydroxylation is 1. The van der Waals surface area contributed by atoms with E-state index in [4.69, 9.17) is 0 Å². The van der Waals surface area contributed by atoms with Crippen LogP contribution in [0.25, 0.3) is 22.3 Å². The van der Waals surface area contributed by atoms with Gasteiger partial charge in [0.05, 0.1) is 10.6 Å². The molecule has 0 bridgehead atoms. The number of pyridine rings is 1. The monoisotopic (exact) mass is 454 g/mol. The van der Waals surface area contributed by atoms with Crippen LogP contribution in [0.2, 0.25) is 0 Å². The van der Waals surface area contributed by atoms with Crippen LogP contribution in [0.3, 0.4) is 0 Å². The molecule has 0 spiro atoms. The molecule has 0 unspecified atom stereocenters. The largest absolute Gasteiger partial charge is 0.298 e. The summed E-state index contributed by atoms with van der Waals surface area (Å²) in [6, 6.07) is 17.0. The first-order valence-electron chi connectivity index (χ1n) is 8.45. The Kier molecular flexibility index (Phi) is 4.64. The van der Waals surface area contributed by atoms with Gasteiger partial charge in [-0.3, -0.25) is 4.79 Å². The van der Waals surface area contributed by atoms with Crippen molar-refractivity contribution in [2.45, 2.75) is 11.8 Å². The summed E-state index contributed by atoms with van der Waals surface area (Å²) >= 11 is 3.47. The molecule has 4 rings (SSSR count). The van der Waals surface area contributed by atoms with Crippen molar-refractivity contribution in [1.82, 2.24) is 8.96 Å². The molecule has 0 amide bonds. The van der Waals surface area contributed by atoms with Gasteiger partial charge in [-0.25, -0.2) is 17.4 Å². The Hall–Kier alpha value is -2.77.